The van der Waals surface area contributed by atoms with Gasteiger partial charge >= 0.3 is 0 Å². The summed E-state index contributed by atoms with van der Waals surface area (Å²) in [7, 11) is -3.17. The van der Waals surface area contributed by atoms with Crippen LogP contribution in [-0.2, 0) is 10.0 Å². The number of hydrogen-bond acceptors (Lipinski definition) is 6. The maximum atomic E-state index is 11.2. The molecule has 30 heavy (non-hydrogen) atoms. The van der Waals surface area contributed by atoms with Gasteiger partial charge in [-0.25, -0.2) is 13.1 Å². The van der Waals surface area contributed by atoms with E-state index in [1.165, 1.54) is 0 Å². The van der Waals surface area contributed by atoms with Gasteiger partial charge in [0.25, 0.3) is 0 Å². The van der Waals surface area contributed by atoms with E-state index in [1.807, 2.05) is 60.9 Å². The molecule has 0 aliphatic carbocycles. The molecular weight excluding hydrogens is 420 g/mol. The Morgan fingerprint density at radius 1 is 1.13 bits per heavy atom. The Balaban J connectivity index is 1.87. The second-order valence-corrected chi connectivity index (χ2v) is 9.70. The molecule has 0 aliphatic heterocycles. The van der Waals surface area contributed by atoms with Gasteiger partial charge in [0.15, 0.2) is 11.0 Å². The monoisotopic (exact) mass is 446 g/mol. The molecule has 2 aromatic carbocycles. The van der Waals surface area contributed by atoms with Crippen molar-refractivity contribution in [2.75, 3.05) is 25.2 Å². The standard InChI is InChI=1S/C21H26N4O3S2/c1-4-28-19-11-9-18(10-12-19)25-20(17-8-5-7-16(2)15-17)23-24-21(25)29-14-6-13-22-30(3,26)27/h5,7-12,15,22H,4,6,13-14H2,1-3H3. The predicted molar refractivity (Wildman–Crippen MR) is 121 cm³/mol. The van der Waals surface area contributed by atoms with E-state index in [1.54, 1.807) is 11.8 Å². The third-order valence-electron chi connectivity index (χ3n) is 4.23. The lowest BCUT2D eigenvalue weighted by molar-refractivity contribution is 0.340. The zero-order valence-corrected chi connectivity index (χ0v) is 19.0. The Morgan fingerprint density at radius 2 is 1.90 bits per heavy atom. The summed E-state index contributed by atoms with van der Waals surface area (Å²) in [6, 6.07) is 16.0. The van der Waals surface area contributed by atoms with Crippen LogP contribution in [0.5, 0.6) is 5.75 Å². The van der Waals surface area contributed by atoms with Gasteiger partial charge in [0.05, 0.1) is 12.9 Å². The molecule has 3 rings (SSSR count). The first-order valence-corrected chi connectivity index (χ1v) is 12.6. The van der Waals surface area contributed by atoms with E-state index >= 15 is 0 Å². The summed E-state index contributed by atoms with van der Waals surface area (Å²) < 4.78 is 32.5. The molecule has 0 radical (unpaired) electrons. The number of benzene rings is 2. The van der Waals surface area contributed by atoms with Crippen molar-refractivity contribution in [1.29, 1.82) is 0 Å². The average Bonchev–Trinajstić information content (AvgIpc) is 3.12. The topological polar surface area (TPSA) is 86.1 Å². The van der Waals surface area contributed by atoms with Crippen molar-refractivity contribution in [1.82, 2.24) is 19.5 Å². The third kappa shape index (κ3) is 6.07. The molecule has 0 amide bonds. The smallest absolute Gasteiger partial charge is 0.208 e. The van der Waals surface area contributed by atoms with Gasteiger partial charge < -0.3 is 4.74 Å². The molecule has 0 bridgehead atoms. The van der Waals surface area contributed by atoms with Gasteiger partial charge in [0.1, 0.15) is 5.75 Å². The van der Waals surface area contributed by atoms with E-state index < -0.39 is 10.0 Å². The van der Waals surface area contributed by atoms with Crippen molar-refractivity contribution >= 4 is 21.8 Å². The first-order valence-electron chi connectivity index (χ1n) is 9.70. The number of thioether (sulfide) groups is 1. The summed E-state index contributed by atoms with van der Waals surface area (Å²) in [5, 5.41) is 9.62. The maximum Gasteiger partial charge on any atom is 0.208 e. The molecular formula is C21H26N4O3S2. The van der Waals surface area contributed by atoms with E-state index in [0.717, 1.165) is 39.8 Å². The van der Waals surface area contributed by atoms with Crippen LogP contribution >= 0.6 is 11.8 Å². The fourth-order valence-corrected chi connectivity index (χ4v) is 4.32. The number of aryl methyl sites for hydroxylation is 1. The molecule has 9 heteroatoms. The third-order valence-corrected chi connectivity index (χ3v) is 5.98. The first-order chi connectivity index (χ1) is 14.4. The summed E-state index contributed by atoms with van der Waals surface area (Å²) in [5.74, 6) is 2.29. The molecule has 160 valence electrons. The average molecular weight is 447 g/mol. The predicted octanol–water partition coefficient (Wildman–Crippen LogP) is 3.67. The summed E-state index contributed by atoms with van der Waals surface area (Å²) in [4.78, 5) is 0. The van der Waals surface area contributed by atoms with Crippen molar-refractivity contribution in [3.05, 3.63) is 54.1 Å². The van der Waals surface area contributed by atoms with Gasteiger partial charge in [-0.2, -0.15) is 0 Å². The highest BCUT2D eigenvalue weighted by molar-refractivity contribution is 7.99. The van der Waals surface area contributed by atoms with Gasteiger partial charge in [-0.05, 0) is 50.6 Å². The molecule has 1 aromatic heterocycles. The summed E-state index contributed by atoms with van der Waals surface area (Å²) >= 11 is 1.55. The molecule has 0 saturated carbocycles. The highest BCUT2D eigenvalue weighted by atomic mass is 32.2. The zero-order chi connectivity index (χ0) is 21.6. The number of rotatable bonds is 10. The molecule has 0 unspecified atom stereocenters. The van der Waals surface area contributed by atoms with Crippen LogP contribution in [-0.4, -0.2) is 48.3 Å². The van der Waals surface area contributed by atoms with E-state index in [2.05, 4.69) is 21.0 Å². The summed E-state index contributed by atoms with van der Waals surface area (Å²) in [5.41, 5.74) is 3.08. The van der Waals surface area contributed by atoms with Crippen LogP contribution < -0.4 is 9.46 Å². The van der Waals surface area contributed by atoms with Crippen molar-refractivity contribution < 1.29 is 13.2 Å². The van der Waals surface area contributed by atoms with Crippen molar-refractivity contribution in [3.63, 3.8) is 0 Å². The van der Waals surface area contributed by atoms with Crippen LogP contribution in [0.25, 0.3) is 17.1 Å². The lowest BCUT2D eigenvalue weighted by atomic mass is 10.1. The Labute approximate surface area is 181 Å². The number of aromatic nitrogens is 3. The minimum Gasteiger partial charge on any atom is -0.494 e. The number of hydrogen-bond donors (Lipinski definition) is 1. The highest BCUT2D eigenvalue weighted by Crippen LogP contribution is 2.29. The lowest BCUT2D eigenvalue weighted by Crippen LogP contribution is -2.23. The second kappa shape index (κ2) is 10.1. The first kappa shape index (κ1) is 22.3. The highest BCUT2D eigenvalue weighted by Gasteiger charge is 2.16. The van der Waals surface area contributed by atoms with Crippen LogP contribution in [0, 0.1) is 6.92 Å². The van der Waals surface area contributed by atoms with Crippen molar-refractivity contribution in [2.24, 2.45) is 0 Å². The fraction of sp³-hybridized carbons (Fsp3) is 0.333. The number of nitrogens with zero attached hydrogens (tertiary/aromatic N) is 3. The molecule has 7 nitrogen and oxygen atoms in total. The normalized spacial score (nSPS) is 11.6. The van der Waals surface area contributed by atoms with Gasteiger partial charge in [0, 0.05) is 23.5 Å². The molecule has 0 saturated heterocycles. The van der Waals surface area contributed by atoms with Gasteiger partial charge in [-0.15, -0.1) is 10.2 Å². The van der Waals surface area contributed by atoms with E-state index in [4.69, 9.17) is 4.74 Å². The van der Waals surface area contributed by atoms with Crippen LogP contribution in [0.3, 0.4) is 0 Å². The molecule has 1 heterocycles. The zero-order valence-electron chi connectivity index (χ0n) is 17.3. The van der Waals surface area contributed by atoms with E-state index in [0.29, 0.717) is 25.3 Å². The number of ether oxygens (including phenoxy) is 1. The van der Waals surface area contributed by atoms with E-state index in [-0.39, 0.29) is 0 Å². The molecule has 0 spiro atoms. The SMILES string of the molecule is CCOc1ccc(-n2c(SCCCNS(C)(=O)=O)nnc2-c2cccc(C)c2)cc1. The maximum absolute atomic E-state index is 11.2. The van der Waals surface area contributed by atoms with Crippen LogP contribution in [0.4, 0.5) is 0 Å². The van der Waals surface area contributed by atoms with Gasteiger partial charge in [-0.3, -0.25) is 4.57 Å². The van der Waals surface area contributed by atoms with E-state index in [9.17, 15) is 8.42 Å². The van der Waals surface area contributed by atoms with Crippen molar-refractivity contribution in [2.45, 2.75) is 25.4 Å². The Morgan fingerprint density at radius 3 is 2.57 bits per heavy atom. The summed E-state index contributed by atoms with van der Waals surface area (Å²) in [6.45, 7) is 5.01. The molecule has 0 aliphatic rings. The van der Waals surface area contributed by atoms with Crippen LogP contribution in [0.15, 0.2) is 53.7 Å². The quantitative estimate of drug-likeness (QED) is 0.378. The number of sulfonamides is 1. The molecule has 3 aromatic rings. The lowest BCUT2D eigenvalue weighted by Gasteiger charge is -2.12. The van der Waals surface area contributed by atoms with Gasteiger partial charge in [-0.1, -0.05) is 35.5 Å². The van der Waals surface area contributed by atoms with Crippen LogP contribution in [0.2, 0.25) is 0 Å². The Kier molecular flexibility index (Phi) is 7.52. The van der Waals surface area contributed by atoms with Crippen LogP contribution in [0.1, 0.15) is 18.9 Å². The largest absolute Gasteiger partial charge is 0.494 e. The minimum absolute atomic E-state index is 0.397. The Hall–Kier alpha value is -2.36. The second-order valence-electron chi connectivity index (χ2n) is 6.81. The van der Waals surface area contributed by atoms with Crippen molar-refractivity contribution in [3.8, 4) is 22.8 Å². The molecule has 0 atom stereocenters. The minimum atomic E-state index is -3.17. The number of nitrogens with one attached hydrogen (secondary N) is 1. The van der Waals surface area contributed by atoms with Gasteiger partial charge in [0.2, 0.25) is 10.0 Å². The Bertz CT molecular complexity index is 1080. The fourth-order valence-electron chi connectivity index (χ4n) is 2.92. The molecule has 1 N–H and O–H groups in total. The summed E-state index contributed by atoms with van der Waals surface area (Å²) in [6.07, 6.45) is 1.85. The molecule has 0 fully saturated rings.